The van der Waals surface area contributed by atoms with Gasteiger partial charge in [-0.05, 0) is 30.7 Å². The highest BCUT2D eigenvalue weighted by atomic mass is 16.4. The summed E-state index contributed by atoms with van der Waals surface area (Å²) in [6.45, 7) is 1.99. The molecule has 122 valence electrons. The van der Waals surface area contributed by atoms with Crippen molar-refractivity contribution in [1.82, 2.24) is 4.98 Å². The lowest BCUT2D eigenvalue weighted by Gasteiger charge is -2.18. The summed E-state index contributed by atoms with van der Waals surface area (Å²) in [6.07, 6.45) is 1.57. The summed E-state index contributed by atoms with van der Waals surface area (Å²) < 4.78 is 5.44. The van der Waals surface area contributed by atoms with Crippen LogP contribution in [0.3, 0.4) is 0 Å². The lowest BCUT2D eigenvalue weighted by molar-refractivity contribution is 0.0698. The second kappa shape index (κ2) is 6.20. The van der Waals surface area contributed by atoms with E-state index < -0.39 is 5.97 Å². The molecule has 3 aromatic rings. The van der Waals surface area contributed by atoms with E-state index in [-0.39, 0.29) is 5.56 Å². The monoisotopic (exact) mass is 322 g/mol. The Morgan fingerprint density at radius 3 is 2.42 bits per heavy atom. The van der Waals surface area contributed by atoms with E-state index in [1.165, 1.54) is 0 Å². The quantitative estimate of drug-likeness (QED) is 0.784. The first-order valence-corrected chi connectivity index (χ1v) is 7.54. The fourth-order valence-corrected chi connectivity index (χ4v) is 2.58. The zero-order valence-corrected chi connectivity index (χ0v) is 13.8. The molecule has 1 N–H and O–H groups in total. The molecule has 0 aliphatic rings. The van der Waals surface area contributed by atoms with Crippen LogP contribution in [0.2, 0.25) is 0 Å². The number of hydrogen-bond acceptors (Lipinski definition) is 4. The van der Waals surface area contributed by atoms with Crippen molar-refractivity contribution >= 4 is 11.8 Å². The van der Waals surface area contributed by atoms with E-state index in [1.807, 2.05) is 31.2 Å². The molecule has 24 heavy (non-hydrogen) atoms. The molecule has 5 nitrogen and oxygen atoms in total. The van der Waals surface area contributed by atoms with Gasteiger partial charge in [0.15, 0.2) is 5.76 Å². The largest absolute Gasteiger partial charge is 0.478 e. The summed E-state index contributed by atoms with van der Waals surface area (Å²) in [7, 11) is 3.55. The molecule has 1 aromatic carbocycles. The number of aromatic nitrogens is 1. The molecule has 0 bridgehead atoms. The van der Waals surface area contributed by atoms with Crippen LogP contribution < -0.4 is 4.90 Å². The van der Waals surface area contributed by atoms with Crippen molar-refractivity contribution in [2.75, 3.05) is 19.0 Å². The van der Waals surface area contributed by atoms with Crippen molar-refractivity contribution in [2.24, 2.45) is 0 Å². The van der Waals surface area contributed by atoms with Gasteiger partial charge in [0, 0.05) is 19.7 Å². The molecular weight excluding hydrogens is 304 g/mol. The number of aryl methyl sites for hydroxylation is 1. The van der Waals surface area contributed by atoms with E-state index in [4.69, 9.17) is 4.42 Å². The second-order valence-electron chi connectivity index (χ2n) is 5.80. The predicted molar refractivity (Wildman–Crippen MR) is 93.4 cm³/mol. The van der Waals surface area contributed by atoms with Gasteiger partial charge < -0.3 is 14.4 Å². The zero-order chi connectivity index (χ0) is 17.3. The van der Waals surface area contributed by atoms with Crippen LogP contribution in [0.25, 0.3) is 22.6 Å². The maximum Gasteiger partial charge on any atom is 0.340 e. The number of hydrogen-bond donors (Lipinski definition) is 1. The van der Waals surface area contributed by atoms with Gasteiger partial charge in [-0.2, -0.15) is 0 Å². The Morgan fingerprint density at radius 2 is 1.88 bits per heavy atom. The van der Waals surface area contributed by atoms with E-state index in [9.17, 15) is 9.90 Å². The van der Waals surface area contributed by atoms with Crippen LogP contribution in [0.1, 0.15) is 15.9 Å². The third kappa shape index (κ3) is 2.88. The minimum Gasteiger partial charge on any atom is -0.478 e. The molecule has 3 rings (SSSR count). The molecule has 2 heterocycles. The van der Waals surface area contributed by atoms with E-state index in [1.54, 1.807) is 43.5 Å². The number of carboxylic acids is 1. The van der Waals surface area contributed by atoms with Crippen LogP contribution in [0.5, 0.6) is 0 Å². The molecule has 2 aromatic heterocycles. The number of carbonyl (C=O) groups is 1. The average Bonchev–Trinajstić information content (AvgIpc) is 3.08. The number of nitrogens with zero attached hydrogens (tertiary/aromatic N) is 2. The zero-order valence-electron chi connectivity index (χ0n) is 13.8. The number of rotatable bonds is 4. The number of anilines is 1. The van der Waals surface area contributed by atoms with Gasteiger partial charge in [-0.25, -0.2) is 9.78 Å². The Balaban J connectivity index is 2.31. The molecule has 0 atom stereocenters. The van der Waals surface area contributed by atoms with E-state index in [0.29, 0.717) is 22.8 Å². The summed E-state index contributed by atoms with van der Waals surface area (Å²) in [5, 5.41) is 9.74. The van der Waals surface area contributed by atoms with Crippen LogP contribution in [0.15, 0.2) is 53.1 Å². The SMILES string of the molecule is Cc1ccc(-c2cc(-c3ccco3)nc(N(C)C)c2C(=O)O)cc1. The number of furan rings is 1. The summed E-state index contributed by atoms with van der Waals surface area (Å²) >= 11 is 0. The minimum absolute atomic E-state index is 0.180. The topological polar surface area (TPSA) is 66.6 Å². The average molecular weight is 322 g/mol. The Bertz CT molecular complexity index is 866. The first-order chi connectivity index (χ1) is 11.5. The maximum atomic E-state index is 11.9. The fourth-order valence-electron chi connectivity index (χ4n) is 2.58. The van der Waals surface area contributed by atoms with Crippen molar-refractivity contribution in [3.8, 4) is 22.6 Å². The Kier molecular flexibility index (Phi) is 4.08. The molecule has 0 spiro atoms. The van der Waals surface area contributed by atoms with Gasteiger partial charge in [0.05, 0.1) is 6.26 Å². The molecule has 0 radical (unpaired) electrons. The van der Waals surface area contributed by atoms with E-state index in [0.717, 1.165) is 11.1 Å². The maximum absolute atomic E-state index is 11.9. The van der Waals surface area contributed by atoms with Gasteiger partial charge in [-0.15, -0.1) is 0 Å². The van der Waals surface area contributed by atoms with E-state index >= 15 is 0 Å². The molecule has 0 fully saturated rings. The summed E-state index contributed by atoms with van der Waals surface area (Å²) in [4.78, 5) is 18.1. The third-order valence-corrected chi connectivity index (χ3v) is 3.77. The molecule has 0 saturated heterocycles. The molecule has 0 unspecified atom stereocenters. The lowest BCUT2D eigenvalue weighted by Crippen LogP contribution is -2.17. The first kappa shape index (κ1) is 15.8. The van der Waals surface area contributed by atoms with Crippen molar-refractivity contribution in [1.29, 1.82) is 0 Å². The second-order valence-corrected chi connectivity index (χ2v) is 5.80. The summed E-state index contributed by atoms with van der Waals surface area (Å²) in [6, 6.07) is 13.1. The first-order valence-electron chi connectivity index (χ1n) is 7.54. The molecule has 0 aliphatic heterocycles. The molecule has 0 saturated carbocycles. The van der Waals surface area contributed by atoms with Gasteiger partial charge in [-0.1, -0.05) is 29.8 Å². The van der Waals surface area contributed by atoms with E-state index in [2.05, 4.69) is 4.98 Å². The molecule has 5 heteroatoms. The van der Waals surface area contributed by atoms with Crippen LogP contribution >= 0.6 is 0 Å². The Morgan fingerprint density at radius 1 is 1.17 bits per heavy atom. The van der Waals surface area contributed by atoms with Crippen molar-refractivity contribution in [3.63, 3.8) is 0 Å². The molecule has 0 amide bonds. The number of benzene rings is 1. The highest BCUT2D eigenvalue weighted by Gasteiger charge is 2.22. The summed E-state index contributed by atoms with van der Waals surface area (Å²) in [5.74, 6) is -0.0110. The number of pyridine rings is 1. The van der Waals surface area contributed by atoms with Crippen LogP contribution in [-0.2, 0) is 0 Å². The number of carboxylic acid groups (broad SMARTS) is 1. The van der Waals surface area contributed by atoms with Gasteiger partial charge in [0.1, 0.15) is 17.1 Å². The number of aromatic carboxylic acids is 1. The minimum atomic E-state index is -1.01. The van der Waals surface area contributed by atoms with Crippen molar-refractivity contribution < 1.29 is 14.3 Å². The van der Waals surface area contributed by atoms with Gasteiger partial charge in [-0.3, -0.25) is 0 Å². The molecular formula is C19H18N2O3. The smallest absolute Gasteiger partial charge is 0.340 e. The predicted octanol–water partition coefficient (Wildman–Crippen LogP) is 4.08. The normalized spacial score (nSPS) is 10.6. The Labute approximate surface area is 140 Å². The Hall–Kier alpha value is -3.08. The molecule has 0 aliphatic carbocycles. The highest BCUT2D eigenvalue weighted by Crippen LogP contribution is 2.34. The lowest BCUT2D eigenvalue weighted by atomic mass is 9.98. The van der Waals surface area contributed by atoms with Gasteiger partial charge >= 0.3 is 5.97 Å². The van der Waals surface area contributed by atoms with Gasteiger partial charge in [0.25, 0.3) is 0 Å². The van der Waals surface area contributed by atoms with Crippen molar-refractivity contribution in [3.05, 3.63) is 59.9 Å². The van der Waals surface area contributed by atoms with Crippen molar-refractivity contribution in [2.45, 2.75) is 6.92 Å². The third-order valence-electron chi connectivity index (χ3n) is 3.77. The highest BCUT2D eigenvalue weighted by molar-refractivity contribution is 6.01. The standard InChI is InChI=1S/C19H18N2O3/c1-12-6-8-13(9-7-12)14-11-15(16-5-4-10-24-16)20-18(21(2)3)17(14)19(22)23/h4-11H,1-3H3,(H,22,23). The van der Waals surface area contributed by atoms with Crippen LogP contribution in [0, 0.1) is 6.92 Å². The van der Waals surface area contributed by atoms with Gasteiger partial charge in [0.2, 0.25) is 0 Å². The van der Waals surface area contributed by atoms with Crippen LogP contribution in [-0.4, -0.2) is 30.2 Å². The fraction of sp³-hybridized carbons (Fsp3) is 0.158. The summed E-state index contributed by atoms with van der Waals surface area (Å²) in [5.41, 5.74) is 3.34. The van der Waals surface area contributed by atoms with Crippen LogP contribution in [0.4, 0.5) is 5.82 Å².